The molecule has 1 saturated carbocycles. The van der Waals surface area contributed by atoms with Gasteiger partial charge in [-0.3, -0.25) is 4.79 Å². The molecule has 1 fully saturated rings. The number of rotatable bonds is 2. The fourth-order valence-electron chi connectivity index (χ4n) is 2.97. The Morgan fingerprint density at radius 3 is 2.47 bits per heavy atom. The van der Waals surface area contributed by atoms with Crippen molar-refractivity contribution in [2.45, 2.75) is 45.4 Å². The summed E-state index contributed by atoms with van der Waals surface area (Å²) in [4.78, 5) is 12.0. The molecule has 0 saturated heterocycles. The normalized spacial score (nSPS) is 28.7. The van der Waals surface area contributed by atoms with Gasteiger partial charge in [-0.05, 0) is 25.2 Å². The highest BCUT2D eigenvalue weighted by atomic mass is 16.5. The number of Topliss-reactive ketones (excluding diaryl/α,β-unsaturated/α-hetero) is 1. The maximum absolute atomic E-state index is 12.0. The van der Waals surface area contributed by atoms with Crippen LogP contribution in [0.4, 0.5) is 0 Å². The topological polar surface area (TPSA) is 26.3 Å². The lowest BCUT2D eigenvalue weighted by Gasteiger charge is -2.27. The van der Waals surface area contributed by atoms with Crippen LogP contribution in [0.15, 0.2) is 11.3 Å². The molecule has 0 aromatic heterocycles. The zero-order valence-corrected chi connectivity index (χ0v) is 9.71. The van der Waals surface area contributed by atoms with Gasteiger partial charge in [-0.25, -0.2) is 0 Å². The van der Waals surface area contributed by atoms with E-state index in [9.17, 15) is 4.79 Å². The van der Waals surface area contributed by atoms with Gasteiger partial charge < -0.3 is 4.74 Å². The van der Waals surface area contributed by atoms with Gasteiger partial charge in [-0.1, -0.05) is 19.8 Å². The summed E-state index contributed by atoms with van der Waals surface area (Å²) in [7, 11) is 1.71. The minimum Gasteiger partial charge on any atom is -0.500 e. The van der Waals surface area contributed by atoms with Crippen molar-refractivity contribution in [1.29, 1.82) is 0 Å². The fourth-order valence-corrected chi connectivity index (χ4v) is 2.97. The van der Waals surface area contributed by atoms with Crippen LogP contribution in [0, 0.1) is 11.8 Å². The van der Waals surface area contributed by atoms with Crippen LogP contribution in [0.3, 0.4) is 0 Å². The number of hydrogen-bond donors (Lipinski definition) is 0. The highest BCUT2D eigenvalue weighted by Crippen LogP contribution is 2.39. The summed E-state index contributed by atoms with van der Waals surface area (Å²) in [5.74, 6) is 2.26. The Balaban J connectivity index is 2.31. The first-order valence-corrected chi connectivity index (χ1v) is 6.05. The predicted molar refractivity (Wildman–Crippen MR) is 59.4 cm³/mol. The molecule has 0 spiro atoms. The van der Waals surface area contributed by atoms with E-state index in [2.05, 4.69) is 6.92 Å². The Morgan fingerprint density at radius 2 is 1.87 bits per heavy atom. The van der Waals surface area contributed by atoms with Crippen LogP contribution in [-0.4, -0.2) is 12.9 Å². The van der Waals surface area contributed by atoms with Crippen molar-refractivity contribution in [2.24, 2.45) is 11.8 Å². The molecule has 1 atom stereocenters. The molecule has 15 heavy (non-hydrogen) atoms. The van der Waals surface area contributed by atoms with Crippen LogP contribution in [-0.2, 0) is 9.53 Å². The monoisotopic (exact) mass is 208 g/mol. The summed E-state index contributed by atoms with van der Waals surface area (Å²) in [6.45, 7) is 2.17. The van der Waals surface area contributed by atoms with Crippen molar-refractivity contribution in [2.75, 3.05) is 7.11 Å². The van der Waals surface area contributed by atoms with Crippen molar-refractivity contribution >= 4 is 5.78 Å². The maximum atomic E-state index is 12.0. The lowest BCUT2D eigenvalue weighted by Crippen LogP contribution is -2.23. The SMILES string of the molecule is COC1=C(C2CCCC2)C(=O)CCC1C. The number of carbonyl (C=O) groups excluding carboxylic acids is 1. The molecule has 0 aromatic rings. The number of methoxy groups -OCH3 is 1. The summed E-state index contributed by atoms with van der Waals surface area (Å²) in [5, 5.41) is 0. The first-order chi connectivity index (χ1) is 7.24. The van der Waals surface area contributed by atoms with Gasteiger partial charge in [-0.15, -0.1) is 0 Å². The van der Waals surface area contributed by atoms with E-state index in [1.54, 1.807) is 7.11 Å². The van der Waals surface area contributed by atoms with Gasteiger partial charge in [0.2, 0.25) is 0 Å². The molecule has 1 unspecified atom stereocenters. The van der Waals surface area contributed by atoms with Crippen LogP contribution >= 0.6 is 0 Å². The second kappa shape index (κ2) is 4.38. The quantitative estimate of drug-likeness (QED) is 0.697. The zero-order chi connectivity index (χ0) is 10.8. The minimum absolute atomic E-state index is 0.344. The van der Waals surface area contributed by atoms with E-state index >= 15 is 0 Å². The lowest BCUT2D eigenvalue weighted by atomic mass is 9.81. The molecule has 2 heteroatoms. The first kappa shape index (κ1) is 10.7. The Kier molecular flexibility index (Phi) is 3.13. The van der Waals surface area contributed by atoms with Crippen molar-refractivity contribution < 1.29 is 9.53 Å². The Labute approximate surface area is 91.7 Å². The van der Waals surface area contributed by atoms with Gasteiger partial charge in [0.05, 0.1) is 7.11 Å². The van der Waals surface area contributed by atoms with Crippen LogP contribution in [0.1, 0.15) is 45.4 Å². The number of allylic oxidation sites excluding steroid dienone is 2. The first-order valence-electron chi connectivity index (χ1n) is 6.05. The molecule has 0 aliphatic heterocycles. The average Bonchev–Trinajstić information content (AvgIpc) is 2.74. The van der Waals surface area contributed by atoms with E-state index in [0.717, 1.165) is 24.2 Å². The molecule has 2 nitrogen and oxygen atoms in total. The Hall–Kier alpha value is -0.790. The summed E-state index contributed by atoms with van der Waals surface area (Å²) >= 11 is 0. The van der Waals surface area contributed by atoms with E-state index in [-0.39, 0.29) is 0 Å². The van der Waals surface area contributed by atoms with E-state index in [1.165, 1.54) is 25.7 Å². The molecule has 0 aromatic carbocycles. The highest BCUT2D eigenvalue weighted by Gasteiger charge is 2.33. The maximum Gasteiger partial charge on any atom is 0.162 e. The zero-order valence-electron chi connectivity index (χ0n) is 9.71. The molecule has 0 amide bonds. The van der Waals surface area contributed by atoms with Crippen LogP contribution < -0.4 is 0 Å². The van der Waals surface area contributed by atoms with E-state index < -0.39 is 0 Å². The Morgan fingerprint density at radius 1 is 1.20 bits per heavy atom. The molecular weight excluding hydrogens is 188 g/mol. The number of ketones is 1. The van der Waals surface area contributed by atoms with Crippen molar-refractivity contribution in [3.05, 3.63) is 11.3 Å². The van der Waals surface area contributed by atoms with E-state index in [4.69, 9.17) is 4.74 Å². The fraction of sp³-hybridized carbons (Fsp3) is 0.769. The number of hydrogen-bond acceptors (Lipinski definition) is 2. The van der Waals surface area contributed by atoms with Crippen molar-refractivity contribution in [3.8, 4) is 0 Å². The summed E-state index contributed by atoms with van der Waals surface area (Å²) in [6, 6.07) is 0. The molecule has 0 radical (unpaired) electrons. The third kappa shape index (κ3) is 1.95. The van der Waals surface area contributed by atoms with Gasteiger partial charge in [0, 0.05) is 17.9 Å². The van der Waals surface area contributed by atoms with Gasteiger partial charge in [-0.2, -0.15) is 0 Å². The van der Waals surface area contributed by atoms with Gasteiger partial charge in [0.25, 0.3) is 0 Å². The minimum atomic E-state index is 0.344. The van der Waals surface area contributed by atoms with Crippen LogP contribution in [0.2, 0.25) is 0 Å². The van der Waals surface area contributed by atoms with E-state index in [1.807, 2.05) is 0 Å². The molecule has 2 rings (SSSR count). The summed E-state index contributed by atoms with van der Waals surface area (Å²) < 4.78 is 5.46. The highest BCUT2D eigenvalue weighted by molar-refractivity contribution is 5.97. The third-order valence-electron chi connectivity index (χ3n) is 3.80. The molecule has 0 bridgehead atoms. The summed E-state index contributed by atoms with van der Waals surface area (Å²) in [6.07, 6.45) is 6.58. The molecular formula is C13H20O2. The number of ether oxygens (including phenoxy) is 1. The molecule has 2 aliphatic rings. The molecule has 84 valence electrons. The van der Waals surface area contributed by atoms with Crippen molar-refractivity contribution in [3.63, 3.8) is 0 Å². The molecule has 0 N–H and O–H groups in total. The van der Waals surface area contributed by atoms with Gasteiger partial charge in [0.15, 0.2) is 5.78 Å². The predicted octanol–water partition coefficient (Wildman–Crippen LogP) is 3.08. The standard InChI is InChI=1S/C13H20O2/c1-9-7-8-11(14)12(13(9)15-2)10-5-3-4-6-10/h9-10H,3-8H2,1-2H3. The lowest BCUT2D eigenvalue weighted by molar-refractivity contribution is -0.117. The summed E-state index contributed by atoms with van der Waals surface area (Å²) in [5.41, 5.74) is 1.04. The smallest absolute Gasteiger partial charge is 0.162 e. The van der Waals surface area contributed by atoms with Crippen LogP contribution in [0.5, 0.6) is 0 Å². The van der Waals surface area contributed by atoms with Gasteiger partial charge in [0.1, 0.15) is 5.76 Å². The molecule has 2 aliphatic carbocycles. The molecule has 0 heterocycles. The third-order valence-corrected chi connectivity index (χ3v) is 3.80. The average molecular weight is 208 g/mol. The van der Waals surface area contributed by atoms with Crippen LogP contribution in [0.25, 0.3) is 0 Å². The number of carbonyl (C=O) groups is 1. The second-order valence-corrected chi connectivity index (χ2v) is 4.83. The Bertz CT molecular complexity index is 285. The second-order valence-electron chi connectivity index (χ2n) is 4.83. The van der Waals surface area contributed by atoms with Crippen molar-refractivity contribution in [1.82, 2.24) is 0 Å². The van der Waals surface area contributed by atoms with Gasteiger partial charge >= 0.3 is 0 Å². The van der Waals surface area contributed by atoms with E-state index in [0.29, 0.717) is 17.6 Å². The largest absolute Gasteiger partial charge is 0.500 e.